The molecular formula is C44H54O2. The molecule has 0 heterocycles. The molecule has 0 aromatic heterocycles. The van der Waals surface area contributed by atoms with Crippen molar-refractivity contribution >= 4 is 21.5 Å². The number of benzene rings is 5. The van der Waals surface area contributed by atoms with E-state index in [0.717, 1.165) is 37.6 Å². The van der Waals surface area contributed by atoms with Crippen molar-refractivity contribution in [2.24, 2.45) is 0 Å². The number of hydrogen-bond acceptors (Lipinski definition) is 2. The van der Waals surface area contributed by atoms with Crippen molar-refractivity contribution in [2.45, 2.75) is 105 Å². The van der Waals surface area contributed by atoms with Crippen LogP contribution in [0.4, 0.5) is 0 Å². The highest BCUT2D eigenvalue weighted by Crippen LogP contribution is 2.44. The second-order valence-corrected chi connectivity index (χ2v) is 13.1. The highest BCUT2D eigenvalue weighted by atomic mass is 16.5. The van der Waals surface area contributed by atoms with E-state index in [2.05, 4.69) is 113 Å². The van der Waals surface area contributed by atoms with Crippen molar-refractivity contribution in [1.82, 2.24) is 0 Å². The number of hydrogen-bond donors (Lipinski definition) is 0. The van der Waals surface area contributed by atoms with Crippen molar-refractivity contribution in [3.63, 3.8) is 0 Å². The van der Waals surface area contributed by atoms with Crippen LogP contribution >= 0.6 is 0 Å². The van der Waals surface area contributed by atoms with Crippen LogP contribution in [-0.2, 0) is 0 Å². The smallest absolute Gasteiger partial charge is 0.119 e. The Labute approximate surface area is 278 Å². The van der Waals surface area contributed by atoms with E-state index in [4.69, 9.17) is 9.47 Å². The fourth-order valence-electron chi connectivity index (χ4n) is 6.66. The van der Waals surface area contributed by atoms with E-state index in [1.54, 1.807) is 0 Å². The van der Waals surface area contributed by atoms with Gasteiger partial charge >= 0.3 is 0 Å². The Morgan fingerprint density at radius 3 is 1.15 bits per heavy atom. The predicted molar refractivity (Wildman–Crippen MR) is 200 cm³/mol. The van der Waals surface area contributed by atoms with Gasteiger partial charge in [-0.25, -0.2) is 0 Å². The molecule has 242 valence electrons. The summed E-state index contributed by atoms with van der Waals surface area (Å²) >= 11 is 0. The number of unbranched alkanes of at least 4 members (excludes halogenated alkanes) is 10. The molecule has 0 aliphatic rings. The van der Waals surface area contributed by atoms with Gasteiger partial charge in [-0.05, 0) is 94.8 Å². The van der Waals surface area contributed by atoms with Crippen LogP contribution in [0.25, 0.3) is 43.8 Å². The van der Waals surface area contributed by atoms with E-state index < -0.39 is 0 Å². The summed E-state index contributed by atoms with van der Waals surface area (Å²) < 4.78 is 12.3. The van der Waals surface area contributed by atoms with E-state index in [9.17, 15) is 0 Å². The molecule has 0 bridgehead atoms. The number of rotatable bonds is 18. The van der Waals surface area contributed by atoms with Crippen LogP contribution in [0.15, 0.2) is 84.9 Å². The Bertz CT molecular complexity index is 1540. The van der Waals surface area contributed by atoms with Gasteiger partial charge in [-0.1, -0.05) is 150 Å². The van der Waals surface area contributed by atoms with Crippen molar-refractivity contribution < 1.29 is 9.47 Å². The average molecular weight is 615 g/mol. The van der Waals surface area contributed by atoms with Crippen molar-refractivity contribution in [2.75, 3.05) is 13.2 Å². The number of aryl methyl sites for hydroxylation is 2. The Morgan fingerprint density at radius 2 is 0.761 bits per heavy atom. The molecular weight excluding hydrogens is 560 g/mol. The zero-order valence-electron chi connectivity index (χ0n) is 28.8. The summed E-state index contributed by atoms with van der Waals surface area (Å²) in [6.45, 7) is 10.5. The summed E-state index contributed by atoms with van der Waals surface area (Å²) in [6.07, 6.45) is 15.3. The van der Waals surface area contributed by atoms with Crippen LogP contribution in [-0.4, -0.2) is 13.2 Å². The molecule has 5 aromatic carbocycles. The maximum absolute atomic E-state index is 6.14. The Hall–Kier alpha value is -3.78. The molecule has 0 saturated carbocycles. The van der Waals surface area contributed by atoms with Crippen LogP contribution in [0.5, 0.6) is 11.5 Å². The molecule has 46 heavy (non-hydrogen) atoms. The highest BCUT2D eigenvalue weighted by Gasteiger charge is 2.17. The van der Waals surface area contributed by atoms with E-state index >= 15 is 0 Å². The average Bonchev–Trinajstić information content (AvgIpc) is 3.07. The van der Waals surface area contributed by atoms with Gasteiger partial charge in [0.1, 0.15) is 11.5 Å². The molecule has 0 atom stereocenters. The lowest BCUT2D eigenvalue weighted by molar-refractivity contribution is 0.304. The van der Waals surface area contributed by atoms with Crippen LogP contribution in [0.3, 0.4) is 0 Å². The molecule has 0 unspecified atom stereocenters. The maximum Gasteiger partial charge on any atom is 0.119 e. The molecule has 2 nitrogen and oxygen atoms in total. The fraction of sp³-hybridized carbons (Fsp3) is 0.409. The van der Waals surface area contributed by atoms with Gasteiger partial charge in [-0.3, -0.25) is 0 Å². The molecule has 2 heteroatoms. The minimum atomic E-state index is 0.785. The first-order chi connectivity index (χ1) is 22.6. The van der Waals surface area contributed by atoms with E-state index in [0.29, 0.717) is 0 Å². The Morgan fingerprint density at radius 1 is 0.391 bits per heavy atom. The second kappa shape index (κ2) is 17.2. The van der Waals surface area contributed by atoms with Crippen molar-refractivity contribution in [1.29, 1.82) is 0 Å². The van der Waals surface area contributed by atoms with E-state index in [1.807, 2.05) is 0 Å². The Balaban J connectivity index is 1.41. The highest BCUT2D eigenvalue weighted by molar-refractivity contribution is 6.21. The zero-order valence-corrected chi connectivity index (χ0v) is 28.8. The summed E-state index contributed by atoms with van der Waals surface area (Å²) in [5.41, 5.74) is 7.56. The quantitative estimate of drug-likeness (QED) is 0.0722. The van der Waals surface area contributed by atoms with Gasteiger partial charge in [-0.15, -0.1) is 0 Å². The maximum atomic E-state index is 6.14. The molecule has 5 aromatic rings. The van der Waals surface area contributed by atoms with Crippen molar-refractivity contribution in [3.8, 4) is 33.8 Å². The van der Waals surface area contributed by atoms with Gasteiger partial charge in [-0.2, -0.15) is 0 Å². The van der Waals surface area contributed by atoms with E-state index in [-0.39, 0.29) is 0 Å². The van der Waals surface area contributed by atoms with E-state index in [1.165, 1.54) is 119 Å². The third kappa shape index (κ3) is 8.72. The lowest BCUT2D eigenvalue weighted by Gasteiger charge is -2.19. The minimum Gasteiger partial charge on any atom is -0.494 e. The first kappa shape index (κ1) is 33.6. The van der Waals surface area contributed by atoms with Crippen LogP contribution < -0.4 is 9.47 Å². The van der Waals surface area contributed by atoms with Gasteiger partial charge in [0.25, 0.3) is 0 Å². The van der Waals surface area contributed by atoms with Gasteiger partial charge in [0.2, 0.25) is 0 Å². The lowest BCUT2D eigenvalue weighted by Crippen LogP contribution is -1.98. The van der Waals surface area contributed by atoms with Gasteiger partial charge < -0.3 is 9.47 Å². The third-order valence-corrected chi connectivity index (χ3v) is 9.25. The Kier molecular flexibility index (Phi) is 12.6. The summed E-state index contributed by atoms with van der Waals surface area (Å²) in [5.74, 6) is 1.90. The summed E-state index contributed by atoms with van der Waals surface area (Å²) in [7, 11) is 0. The molecule has 0 N–H and O–H groups in total. The zero-order chi connectivity index (χ0) is 32.1. The van der Waals surface area contributed by atoms with Gasteiger partial charge in [0.05, 0.1) is 13.2 Å². The van der Waals surface area contributed by atoms with Gasteiger partial charge in [0, 0.05) is 0 Å². The number of ether oxygens (including phenoxy) is 2. The van der Waals surface area contributed by atoms with Crippen LogP contribution in [0.2, 0.25) is 0 Å². The predicted octanol–water partition coefficient (Wildman–Crippen LogP) is 13.4. The molecule has 0 radical (unpaired) electrons. The SMILES string of the molecule is CCCCCCCCOc1ccc(-c2c3ccc(C)cc3c(-c3ccc(OCCCCCCCC)cc3)c3ccc(C)cc23)cc1. The summed E-state index contributed by atoms with van der Waals surface area (Å²) in [4.78, 5) is 0. The minimum absolute atomic E-state index is 0.785. The second-order valence-electron chi connectivity index (χ2n) is 13.1. The lowest BCUT2D eigenvalue weighted by atomic mass is 9.85. The number of fused-ring (bicyclic) bond motifs is 2. The normalized spacial score (nSPS) is 11.4. The third-order valence-electron chi connectivity index (χ3n) is 9.25. The van der Waals surface area contributed by atoms with Crippen LogP contribution in [0, 0.1) is 13.8 Å². The molecule has 0 aliphatic heterocycles. The monoisotopic (exact) mass is 614 g/mol. The summed E-state index contributed by atoms with van der Waals surface area (Å²) in [5, 5.41) is 5.14. The van der Waals surface area contributed by atoms with Crippen LogP contribution in [0.1, 0.15) is 102 Å². The molecule has 0 aliphatic carbocycles. The first-order valence-electron chi connectivity index (χ1n) is 18.0. The molecule has 0 fully saturated rings. The standard InChI is InChI=1S/C44H54O2/c1-5-7-9-11-13-15-29-45-37-23-19-35(20-24-37)43-39-27-17-34(4)32-42(39)44(40-28-18-33(3)31-41(40)43)36-21-25-38(26-22-36)46-30-16-14-12-10-8-6-2/h17-28,31-32H,5-16,29-30H2,1-4H3. The molecule has 0 spiro atoms. The molecule has 5 rings (SSSR count). The topological polar surface area (TPSA) is 18.5 Å². The summed E-state index contributed by atoms with van der Waals surface area (Å²) in [6, 6.07) is 31.4. The molecule has 0 saturated heterocycles. The van der Waals surface area contributed by atoms with Crippen molar-refractivity contribution in [3.05, 3.63) is 96.1 Å². The first-order valence-corrected chi connectivity index (χ1v) is 18.0. The molecule has 0 amide bonds. The fourth-order valence-corrected chi connectivity index (χ4v) is 6.66. The largest absolute Gasteiger partial charge is 0.494 e. The van der Waals surface area contributed by atoms with Gasteiger partial charge in [0.15, 0.2) is 0 Å².